The molecule has 23 heavy (non-hydrogen) atoms. The molecular weight excluding hydrogens is 296 g/mol. The molecule has 0 atom stereocenters. The highest BCUT2D eigenvalue weighted by Gasteiger charge is 2.36. The van der Waals surface area contributed by atoms with Crippen LogP contribution in [0, 0.1) is 13.8 Å². The number of carbonyl (C=O) groups excluding carboxylic acids is 3. The number of hydrogen-bond donors (Lipinski definition) is 1. The molecular formula is C17H14N2O4. The predicted octanol–water partition coefficient (Wildman–Crippen LogP) is 2.56. The molecule has 0 unspecified atom stereocenters. The lowest BCUT2D eigenvalue weighted by atomic mass is 10.1. The van der Waals surface area contributed by atoms with Crippen LogP contribution in [-0.2, 0) is 9.59 Å². The molecule has 0 aliphatic carbocycles. The van der Waals surface area contributed by atoms with Crippen LogP contribution in [0.5, 0.6) is 0 Å². The van der Waals surface area contributed by atoms with Gasteiger partial charge in [-0.05, 0) is 44.2 Å². The van der Waals surface area contributed by atoms with Crippen LogP contribution in [0.4, 0.5) is 10.5 Å². The zero-order valence-electron chi connectivity index (χ0n) is 12.6. The summed E-state index contributed by atoms with van der Waals surface area (Å²) in [6.07, 6.45) is 1.33. The molecule has 0 saturated carbocycles. The van der Waals surface area contributed by atoms with E-state index in [1.165, 1.54) is 6.08 Å². The van der Waals surface area contributed by atoms with Crippen molar-refractivity contribution in [3.8, 4) is 0 Å². The number of carbonyl (C=O) groups is 3. The van der Waals surface area contributed by atoms with Crippen molar-refractivity contribution in [2.24, 2.45) is 0 Å². The lowest BCUT2D eigenvalue weighted by molar-refractivity contribution is -0.122. The van der Waals surface area contributed by atoms with Gasteiger partial charge in [0.2, 0.25) is 0 Å². The van der Waals surface area contributed by atoms with Gasteiger partial charge in [-0.3, -0.25) is 14.9 Å². The standard InChI is InChI=1S/C17H14N2O4/c1-10-3-6-12(7-4-10)19-16(21)14(15(20)18-17(19)22)9-13-8-5-11(2)23-13/h3-9H,1-2H3,(H,18,20,22)/b14-9-. The van der Waals surface area contributed by atoms with Crippen molar-refractivity contribution in [1.82, 2.24) is 5.32 Å². The van der Waals surface area contributed by atoms with Gasteiger partial charge in [0.25, 0.3) is 11.8 Å². The van der Waals surface area contributed by atoms with Crippen LogP contribution < -0.4 is 10.2 Å². The molecule has 2 heterocycles. The quantitative estimate of drug-likeness (QED) is 0.683. The number of amides is 4. The van der Waals surface area contributed by atoms with Gasteiger partial charge in [-0.15, -0.1) is 0 Å². The Morgan fingerprint density at radius 2 is 1.70 bits per heavy atom. The summed E-state index contributed by atoms with van der Waals surface area (Å²) in [7, 11) is 0. The second-order valence-corrected chi connectivity index (χ2v) is 5.24. The summed E-state index contributed by atoms with van der Waals surface area (Å²) in [4.78, 5) is 37.5. The summed E-state index contributed by atoms with van der Waals surface area (Å²) in [6, 6.07) is 9.47. The van der Waals surface area contributed by atoms with Gasteiger partial charge in [-0.2, -0.15) is 0 Å². The first-order valence-corrected chi connectivity index (χ1v) is 7.00. The third kappa shape index (κ3) is 2.78. The fourth-order valence-corrected chi connectivity index (χ4v) is 2.26. The van der Waals surface area contributed by atoms with Crippen LogP contribution in [0.15, 0.2) is 46.4 Å². The Morgan fingerprint density at radius 3 is 2.30 bits per heavy atom. The minimum atomic E-state index is -0.767. The highest BCUT2D eigenvalue weighted by atomic mass is 16.3. The number of imide groups is 2. The fourth-order valence-electron chi connectivity index (χ4n) is 2.26. The number of aryl methyl sites for hydroxylation is 2. The fraction of sp³-hybridized carbons (Fsp3) is 0.118. The molecule has 0 radical (unpaired) electrons. The molecule has 4 amide bonds. The Bertz CT molecular complexity index is 831. The first-order valence-electron chi connectivity index (χ1n) is 7.00. The number of urea groups is 1. The van der Waals surface area contributed by atoms with Gasteiger partial charge in [-0.25, -0.2) is 9.69 Å². The summed E-state index contributed by atoms with van der Waals surface area (Å²) in [5, 5.41) is 2.17. The molecule has 1 N–H and O–H groups in total. The van der Waals surface area contributed by atoms with Crippen molar-refractivity contribution in [1.29, 1.82) is 0 Å². The first-order chi connectivity index (χ1) is 11.0. The van der Waals surface area contributed by atoms with E-state index < -0.39 is 17.8 Å². The lowest BCUT2D eigenvalue weighted by Gasteiger charge is -2.26. The van der Waals surface area contributed by atoms with Crippen molar-refractivity contribution in [2.45, 2.75) is 13.8 Å². The van der Waals surface area contributed by atoms with Gasteiger partial charge in [0.1, 0.15) is 17.1 Å². The summed E-state index contributed by atoms with van der Waals surface area (Å²) in [6.45, 7) is 3.66. The van der Waals surface area contributed by atoms with Crippen molar-refractivity contribution in [3.63, 3.8) is 0 Å². The molecule has 6 heteroatoms. The van der Waals surface area contributed by atoms with E-state index in [0.717, 1.165) is 10.5 Å². The smallest absolute Gasteiger partial charge is 0.335 e. The molecule has 1 fully saturated rings. The molecule has 6 nitrogen and oxygen atoms in total. The van der Waals surface area contributed by atoms with Gasteiger partial charge in [0.05, 0.1) is 5.69 Å². The Hall–Kier alpha value is -3.15. The molecule has 116 valence electrons. The molecule has 0 bridgehead atoms. The minimum absolute atomic E-state index is 0.153. The van der Waals surface area contributed by atoms with E-state index in [1.54, 1.807) is 43.3 Å². The number of rotatable bonds is 2. The van der Waals surface area contributed by atoms with Crippen molar-refractivity contribution >= 4 is 29.6 Å². The number of nitrogens with zero attached hydrogens (tertiary/aromatic N) is 1. The predicted molar refractivity (Wildman–Crippen MR) is 83.6 cm³/mol. The second kappa shape index (κ2) is 5.57. The van der Waals surface area contributed by atoms with Gasteiger partial charge in [0.15, 0.2) is 0 Å². The van der Waals surface area contributed by atoms with E-state index in [9.17, 15) is 14.4 Å². The maximum Gasteiger partial charge on any atom is 0.335 e. The molecule has 3 rings (SSSR count). The Morgan fingerprint density at radius 1 is 1.00 bits per heavy atom. The summed E-state index contributed by atoms with van der Waals surface area (Å²) >= 11 is 0. The van der Waals surface area contributed by atoms with Crippen LogP contribution in [0.1, 0.15) is 17.1 Å². The molecule has 1 aliphatic heterocycles. The molecule has 1 aromatic carbocycles. The van der Waals surface area contributed by atoms with Crippen LogP contribution >= 0.6 is 0 Å². The van der Waals surface area contributed by atoms with E-state index in [4.69, 9.17) is 4.42 Å². The number of barbiturate groups is 1. The summed E-state index contributed by atoms with van der Waals surface area (Å²) < 4.78 is 5.35. The van der Waals surface area contributed by atoms with Crippen molar-refractivity contribution in [3.05, 3.63) is 59.1 Å². The average molecular weight is 310 g/mol. The molecule has 1 aliphatic rings. The largest absolute Gasteiger partial charge is 0.462 e. The number of hydrogen-bond acceptors (Lipinski definition) is 4. The van der Waals surface area contributed by atoms with E-state index in [0.29, 0.717) is 17.2 Å². The van der Waals surface area contributed by atoms with E-state index in [-0.39, 0.29) is 5.57 Å². The van der Waals surface area contributed by atoms with Gasteiger partial charge in [-0.1, -0.05) is 17.7 Å². The van der Waals surface area contributed by atoms with Gasteiger partial charge < -0.3 is 4.42 Å². The molecule has 1 aromatic heterocycles. The highest BCUT2D eigenvalue weighted by Crippen LogP contribution is 2.22. The van der Waals surface area contributed by atoms with Gasteiger partial charge in [0, 0.05) is 0 Å². The van der Waals surface area contributed by atoms with Crippen LogP contribution in [-0.4, -0.2) is 17.8 Å². The van der Waals surface area contributed by atoms with Crippen LogP contribution in [0.3, 0.4) is 0 Å². The number of nitrogens with one attached hydrogen (secondary N) is 1. The normalized spacial score (nSPS) is 16.9. The monoisotopic (exact) mass is 310 g/mol. The maximum absolute atomic E-state index is 12.6. The Labute approximate surface area is 132 Å². The SMILES string of the molecule is Cc1ccc(N2C(=O)NC(=O)/C(=C/c3ccc(C)o3)C2=O)cc1. The molecule has 2 aromatic rings. The minimum Gasteiger partial charge on any atom is -0.462 e. The molecule has 1 saturated heterocycles. The first kappa shape index (κ1) is 14.8. The number of anilines is 1. The topological polar surface area (TPSA) is 79.6 Å². The summed E-state index contributed by atoms with van der Waals surface area (Å²) in [5.74, 6) is -0.389. The zero-order valence-corrected chi connectivity index (χ0v) is 12.6. The van der Waals surface area contributed by atoms with Crippen LogP contribution in [0.25, 0.3) is 6.08 Å². The summed E-state index contributed by atoms with van der Waals surface area (Å²) in [5.41, 5.74) is 1.24. The highest BCUT2D eigenvalue weighted by molar-refractivity contribution is 6.39. The third-order valence-electron chi connectivity index (χ3n) is 3.44. The average Bonchev–Trinajstić information content (AvgIpc) is 2.91. The Kier molecular flexibility index (Phi) is 3.57. The zero-order chi connectivity index (χ0) is 16.6. The lowest BCUT2D eigenvalue weighted by Crippen LogP contribution is -2.54. The van der Waals surface area contributed by atoms with E-state index in [1.807, 2.05) is 6.92 Å². The second-order valence-electron chi connectivity index (χ2n) is 5.24. The van der Waals surface area contributed by atoms with E-state index in [2.05, 4.69) is 5.32 Å². The van der Waals surface area contributed by atoms with Crippen LogP contribution in [0.2, 0.25) is 0 Å². The van der Waals surface area contributed by atoms with Crippen molar-refractivity contribution in [2.75, 3.05) is 4.90 Å². The van der Waals surface area contributed by atoms with Gasteiger partial charge >= 0.3 is 6.03 Å². The number of benzene rings is 1. The van der Waals surface area contributed by atoms with Crippen molar-refractivity contribution < 1.29 is 18.8 Å². The Balaban J connectivity index is 2.00. The number of furan rings is 1. The third-order valence-corrected chi connectivity index (χ3v) is 3.44. The van der Waals surface area contributed by atoms with E-state index >= 15 is 0 Å². The molecule has 0 spiro atoms. The maximum atomic E-state index is 12.6.